The second kappa shape index (κ2) is 4.47. The van der Waals surface area contributed by atoms with Crippen molar-refractivity contribution in [3.05, 3.63) is 23.8 Å². The largest absolute Gasteiger partial charge is 0.496 e. The third-order valence-corrected chi connectivity index (χ3v) is 4.36. The number of methoxy groups -OCH3 is 1. The number of nitrogens with one attached hydrogen (secondary N) is 1. The first kappa shape index (κ1) is 11.8. The molecule has 1 aromatic carbocycles. The van der Waals surface area contributed by atoms with E-state index in [4.69, 9.17) is 9.47 Å². The Kier molecular flexibility index (Phi) is 2.94. The second-order valence-corrected chi connectivity index (χ2v) is 5.41. The molecule has 1 spiro atoms. The van der Waals surface area contributed by atoms with Crippen LogP contribution in [0.4, 0.5) is 0 Å². The Bertz CT molecular complexity index is 438. The van der Waals surface area contributed by atoms with Gasteiger partial charge in [0.05, 0.1) is 12.7 Å². The number of fused-ring (bicyclic) bond motifs is 1. The quantitative estimate of drug-likeness (QED) is 0.871. The van der Waals surface area contributed by atoms with E-state index in [-0.39, 0.29) is 5.60 Å². The summed E-state index contributed by atoms with van der Waals surface area (Å²) in [5, 5.41) is 3.43. The van der Waals surface area contributed by atoms with Gasteiger partial charge in [0, 0.05) is 12.5 Å². The van der Waals surface area contributed by atoms with E-state index in [0.29, 0.717) is 6.04 Å². The molecular weight excluding hydrogens is 226 g/mol. The van der Waals surface area contributed by atoms with E-state index < -0.39 is 0 Å². The van der Waals surface area contributed by atoms with Crippen molar-refractivity contribution in [1.29, 1.82) is 0 Å². The molecule has 0 bridgehead atoms. The SMILES string of the molecule is CNC1CC2(CCCC2)Oc2cccc(OC)c21. The lowest BCUT2D eigenvalue weighted by Gasteiger charge is -2.40. The molecule has 98 valence electrons. The van der Waals surface area contributed by atoms with Crippen LogP contribution in [-0.4, -0.2) is 19.8 Å². The molecule has 1 aliphatic carbocycles. The maximum Gasteiger partial charge on any atom is 0.128 e. The van der Waals surface area contributed by atoms with Crippen LogP contribution in [0.25, 0.3) is 0 Å². The van der Waals surface area contributed by atoms with Crippen molar-refractivity contribution in [2.75, 3.05) is 14.2 Å². The monoisotopic (exact) mass is 247 g/mol. The van der Waals surface area contributed by atoms with Crippen LogP contribution >= 0.6 is 0 Å². The van der Waals surface area contributed by atoms with E-state index >= 15 is 0 Å². The summed E-state index contributed by atoms with van der Waals surface area (Å²) in [5.41, 5.74) is 1.24. The minimum atomic E-state index is 0.0625. The number of hydrogen-bond acceptors (Lipinski definition) is 3. The van der Waals surface area contributed by atoms with Gasteiger partial charge in [-0.2, -0.15) is 0 Å². The van der Waals surface area contributed by atoms with Gasteiger partial charge in [0.15, 0.2) is 0 Å². The molecule has 1 atom stereocenters. The highest BCUT2D eigenvalue weighted by molar-refractivity contribution is 5.49. The Balaban J connectivity index is 2.03. The van der Waals surface area contributed by atoms with Crippen molar-refractivity contribution < 1.29 is 9.47 Å². The van der Waals surface area contributed by atoms with Crippen molar-refractivity contribution >= 4 is 0 Å². The first-order valence-corrected chi connectivity index (χ1v) is 6.81. The maximum absolute atomic E-state index is 6.33. The molecule has 1 unspecified atom stereocenters. The standard InChI is InChI=1S/C15H21NO2/c1-16-11-10-15(8-3-4-9-15)18-13-7-5-6-12(17-2)14(11)13/h5-7,11,16H,3-4,8-10H2,1-2H3. The van der Waals surface area contributed by atoms with Gasteiger partial charge in [-0.15, -0.1) is 0 Å². The minimum absolute atomic E-state index is 0.0625. The van der Waals surface area contributed by atoms with Crippen LogP contribution < -0.4 is 14.8 Å². The van der Waals surface area contributed by atoms with Gasteiger partial charge in [0.1, 0.15) is 17.1 Å². The molecule has 1 heterocycles. The molecule has 0 amide bonds. The number of benzene rings is 1. The molecule has 1 saturated carbocycles. The van der Waals surface area contributed by atoms with Crippen molar-refractivity contribution in [1.82, 2.24) is 5.32 Å². The van der Waals surface area contributed by atoms with E-state index in [0.717, 1.165) is 17.9 Å². The summed E-state index contributed by atoms with van der Waals surface area (Å²) in [7, 11) is 3.75. The van der Waals surface area contributed by atoms with Crippen molar-refractivity contribution in [2.24, 2.45) is 0 Å². The Labute approximate surface area is 108 Å². The summed E-state index contributed by atoms with van der Waals surface area (Å²) in [6.45, 7) is 0. The van der Waals surface area contributed by atoms with Crippen LogP contribution in [0, 0.1) is 0 Å². The van der Waals surface area contributed by atoms with Gasteiger partial charge in [-0.1, -0.05) is 6.07 Å². The fourth-order valence-electron chi connectivity index (χ4n) is 3.46. The van der Waals surface area contributed by atoms with Crippen molar-refractivity contribution in [3.8, 4) is 11.5 Å². The highest BCUT2D eigenvalue weighted by atomic mass is 16.5. The van der Waals surface area contributed by atoms with E-state index in [9.17, 15) is 0 Å². The lowest BCUT2D eigenvalue weighted by atomic mass is 9.85. The van der Waals surface area contributed by atoms with Gasteiger partial charge in [0.25, 0.3) is 0 Å². The molecule has 3 heteroatoms. The molecule has 0 aromatic heterocycles. The summed E-state index contributed by atoms with van der Waals surface area (Å²) in [6, 6.07) is 6.43. The smallest absolute Gasteiger partial charge is 0.128 e. The van der Waals surface area contributed by atoms with Crippen LogP contribution in [0.2, 0.25) is 0 Å². The van der Waals surface area contributed by atoms with E-state index in [1.54, 1.807) is 7.11 Å². The summed E-state index contributed by atoms with van der Waals surface area (Å²) in [6.07, 6.45) is 5.99. The first-order chi connectivity index (χ1) is 8.78. The zero-order valence-electron chi connectivity index (χ0n) is 11.2. The predicted molar refractivity (Wildman–Crippen MR) is 71.2 cm³/mol. The summed E-state index contributed by atoms with van der Waals surface area (Å²) in [4.78, 5) is 0. The molecule has 3 nitrogen and oxygen atoms in total. The molecule has 1 fully saturated rings. The first-order valence-electron chi connectivity index (χ1n) is 6.81. The molecule has 1 N–H and O–H groups in total. The van der Waals surface area contributed by atoms with Crippen molar-refractivity contribution in [2.45, 2.75) is 43.7 Å². The minimum Gasteiger partial charge on any atom is -0.496 e. The van der Waals surface area contributed by atoms with E-state index in [1.165, 1.54) is 31.2 Å². The van der Waals surface area contributed by atoms with Gasteiger partial charge in [-0.25, -0.2) is 0 Å². The lowest BCUT2D eigenvalue weighted by molar-refractivity contribution is 0.0370. The highest BCUT2D eigenvalue weighted by Gasteiger charge is 2.43. The van der Waals surface area contributed by atoms with Crippen LogP contribution in [0.5, 0.6) is 11.5 Å². The number of rotatable bonds is 2. The number of hydrogen-bond donors (Lipinski definition) is 1. The Hall–Kier alpha value is -1.22. The molecule has 1 aliphatic heterocycles. The molecule has 2 aliphatic rings. The van der Waals surface area contributed by atoms with Crippen molar-refractivity contribution in [3.63, 3.8) is 0 Å². The van der Waals surface area contributed by atoms with Crippen LogP contribution in [0.15, 0.2) is 18.2 Å². The molecule has 18 heavy (non-hydrogen) atoms. The van der Waals surface area contributed by atoms with Crippen LogP contribution in [-0.2, 0) is 0 Å². The topological polar surface area (TPSA) is 30.5 Å². The molecule has 3 rings (SSSR count). The van der Waals surface area contributed by atoms with E-state index in [1.807, 2.05) is 19.2 Å². The second-order valence-electron chi connectivity index (χ2n) is 5.41. The van der Waals surface area contributed by atoms with Gasteiger partial charge < -0.3 is 14.8 Å². The van der Waals surface area contributed by atoms with Gasteiger partial charge >= 0.3 is 0 Å². The average molecular weight is 247 g/mol. The average Bonchev–Trinajstić information content (AvgIpc) is 2.84. The van der Waals surface area contributed by atoms with Crippen LogP contribution in [0.1, 0.15) is 43.7 Å². The third-order valence-electron chi connectivity index (χ3n) is 4.36. The van der Waals surface area contributed by atoms with Crippen LogP contribution in [0.3, 0.4) is 0 Å². The predicted octanol–water partition coefficient (Wildman–Crippen LogP) is 3.05. The zero-order valence-corrected chi connectivity index (χ0v) is 11.2. The van der Waals surface area contributed by atoms with Gasteiger partial charge in [-0.05, 0) is 44.9 Å². The summed E-state index contributed by atoms with van der Waals surface area (Å²) < 4.78 is 11.8. The highest BCUT2D eigenvalue weighted by Crippen LogP contribution is 2.49. The Morgan fingerprint density at radius 1 is 1.33 bits per heavy atom. The number of ether oxygens (including phenoxy) is 2. The van der Waals surface area contributed by atoms with Gasteiger partial charge in [0.2, 0.25) is 0 Å². The molecule has 0 radical (unpaired) electrons. The normalized spacial score (nSPS) is 24.7. The Morgan fingerprint density at radius 3 is 2.78 bits per heavy atom. The molecular formula is C15H21NO2. The fraction of sp³-hybridized carbons (Fsp3) is 0.600. The summed E-state index contributed by atoms with van der Waals surface area (Å²) >= 11 is 0. The molecule has 0 saturated heterocycles. The Morgan fingerprint density at radius 2 is 2.11 bits per heavy atom. The van der Waals surface area contributed by atoms with E-state index in [2.05, 4.69) is 11.4 Å². The fourth-order valence-corrected chi connectivity index (χ4v) is 3.46. The molecule has 1 aromatic rings. The van der Waals surface area contributed by atoms with Gasteiger partial charge in [-0.3, -0.25) is 0 Å². The maximum atomic E-state index is 6.33. The zero-order chi connectivity index (χ0) is 12.6. The summed E-state index contributed by atoms with van der Waals surface area (Å²) in [5.74, 6) is 1.93. The lowest BCUT2D eigenvalue weighted by Crippen LogP contribution is -2.41. The third kappa shape index (κ3) is 1.77.